The van der Waals surface area contributed by atoms with Crippen molar-refractivity contribution in [1.29, 1.82) is 0 Å². The molecule has 1 amide bonds. The van der Waals surface area contributed by atoms with E-state index in [1.807, 2.05) is 0 Å². The molecule has 1 aromatic heterocycles. The zero-order valence-corrected chi connectivity index (χ0v) is 15.0. The van der Waals surface area contributed by atoms with E-state index in [1.165, 1.54) is 6.20 Å². The Morgan fingerprint density at radius 3 is 2.60 bits per heavy atom. The molecule has 0 bridgehead atoms. The molecule has 0 aliphatic carbocycles. The molecule has 8 heteroatoms. The first-order chi connectivity index (χ1) is 12.0. The van der Waals surface area contributed by atoms with E-state index < -0.39 is 6.10 Å². The number of hydrogen-bond acceptors (Lipinski definition) is 5. The smallest absolute Gasteiger partial charge is 0.260 e. The van der Waals surface area contributed by atoms with Gasteiger partial charge >= 0.3 is 0 Å². The maximum atomic E-state index is 11.8. The number of nitrogens with zero attached hydrogens (tertiary/aromatic N) is 1. The van der Waals surface area contributed by atoms with Crippen LogP contribution in [0.1, 0.15) is 13.3 Å². The number of nitrogens with one attached hydrogen (secondary N) is 1. The molecule has 0 saturated carbocycles. The number of carbonyl (C=O) groups excluding carboxylic acids is 1. The minimum Gasteiger partial charge on any atom is -0.481 e. The standard InChI is InChI=1S/C17H18Cl2N2O4/c1-11(16(23)20-7-2-8-22)24-13-3-5-14(6-4-13)25-17-15(19)9-12(18)10-21-17/h3-6,9-11,22H,2,7-8H2,1H3,(H,20,23). The molecule has 1 atom stereocenters. The average Bonchev–Trinajstić information content (AvgIpc) is 2.59. The third-order valence-corrected chi connectivity index (χ3v) is 3.61. The number of pyridine rings is 1. The highest BCUT2D eigenvalue weighted by Crippen LogP contribution is 2.29. The van der Waals surface area contributed by atoms with Gasteiger partial charge in [-0.1, -0.05) is 23.2 Å². The molecule has 2 aromatic rings. The SMILES string of the molecule is CC(Oc1ccc(Oc2ncc(Cl)cc2Cl)cc1)C(=O)NCCCO. The molecule has 0 fully saturated rings. The summed E-state index contributed by atoms with van der Waals surface area (Å²) in [7, 11) is 0. The fourth-order valence-corrected chi connectivity index (χ4v) is 2.29. The third-order valence-electron chi connectivity index (χ3n) is 3.13. The lowest BCUT2D eigenvalue weighted by Gasteiger charge is -2.15. The van der Waals surface area contributed by atoms with E-state index in [0.29, 0.717) is 34.5 Å². The monoisotopic (exact) mass is 384 g/mol. The quantitative estimate of drug-likeness (QED) is 0.681. The van der Waals surface area contributed by atoms with Gasteiger partial charge in [0.1, 0.15) is 16.5 Å². The van der Waals surface area contributed by atoms with Crippen molar-refractivity contribution >= 4 is 29.1 Å². The van der Waals surface area contributed by atoms with Crippen molar-refractivity contribution in [2.24, 2.45) is 0 Å². The van der Waals surface area contributed by atoms with Crippen LogP contribution in [-0.2, 0) is 4.79 Å². The van der Waals surface area contributed by atoms with Gasteiger partial charge < -0.3 is 19.9 Å². The van der Waals surface area contributed by atoms with Crippen LogP contribution in [0.5, 0.6) is 17.4 Å². The number of aromatic nitrogens is 1. The number of ether oxygens (including phenoxy) is 2. The molecule has 0 radical (unpaired) electrons. The van der Waals surface area contributed by atoms with Crippen LogP contribution < -0.4 is 14.8 Å². The molecule has 0 aliphatic heterocycles. The lowest BCUT2D eigenvalue weighted by molar-refractivity contribution is -0.127. The predicted octanol–water partition coefficient (Wildman–Crippen LogP) is 3.45. The highest BCUT2D eigenvalue weighted by atomic mass is 35.5. The summed E-state index contributed by atoms with van der Waals surface area (Å²) in [6.45, 7) is 2.09. The zero-order chi connectivity index (χ0) is 18.2. The predicted molar refractivity (Wildman–Crippen MR) is 95.6 cm³/mol. The zero-order valence-electron chi connectivity index (χ0n) is 13.5. The summed E-state index contributed by atoms with van der Waals surface area (Å²) in [6, 6.07) is 8.25. The van der Waals surface area contributed by atoms with E-state index in [2.05, 4.69) is 10.3 Å². The van der Waals surface area contributed by atoms with E-state index in [1.54, 1.807) is 37.3 Å². The lowest BCUT2D eigenvalue weighted by atomic mass is 10.3. The second kappa shape index (κ2) is 9.46. The van der Waals surface area contributed by atoms with Crippen LogP contribution in [-0.4, -0.2) is 35.3 Å². The molecule has 6 nitrogen and oxygen atoms in total. The van der Waals surface area contributed by atoms with Gasteiger partial charge in [-0.05, 0) is 43.7 Å². The van der Waals surface area contributed by atoms with E-state index >= 15 is 0 Å². The second-order valence-corrected chi connectivity index (χ2v) is 5.99. The Morgan fingerprint density at radius 1 is 1.28 bits per heavy atom. The molecule has 1 heterocycles. The Balaban J connectivity index is 1.92. The van der Waals surface area contributed by atoms with E-state index in [9.17, 15) is 4.79 Å². The average molecular weight is 385 g/mol. The molecule has 0 aliphatic rings. The maximum absolute atomic E-state index is 11.8. The highest BCUT2D eigenvalue weighted by molar-refractivity contribution is 6.35. The molecule has 25 heavy (non-hydrogen) atoms. The molecule has 1 unspecified atom stereocenters. The summed E-state index contributed by atoms with van der Waals surface area (Å²) in [5.74, 6) is 1.04. The van der Waals surface area contributed by atoms with Crippen LogP contribution in [0, 0.1) is 0 Å². The van der Waals surface area contributed by atoms with Gasteiger partial charge in [-0.25, -0.2) is 4.98 Å². The Morgan fingerprint density at radius 2 is 1.96 bits per heavy atom. The van der Waals surface area contributed by atoms with E-state index in [4.69, 9.17) is 37.8 Å². The van der Waals surface area contributed by atoms with Crippen LogP contribution in [0.3, 0.4) is 0 Å². The number of carbonyl (C=O) groups is 1. The van der Waals surface area contributed by atoms with Crippen LogP contribution in [0.4, 0.5) is 0 Å². The van der Waals surface area contributed by atoms with Gasteiger partial charge in [0, 0.05) is 19.3 Å². The van der Waals surface area contributed by atoms with Crippen molar-refractivity contribution in [1.82, 2.24) is 10.3 Å². The van der Waals surface area contributed by atoms with Crippen molar-refractivity contribution in [3.05, 3.63) is 46.6 Å². The molecule has 2 N–H and O–H groups in total. The van der Waals surface area contributed by atoms with Crippen molar-refractivity contribution in [3.8, 4) is 17.4 Å². The van der Waals surface area contributed by atoms with Gasteiger partial charge in [0.05, 0.1) is 5.02 Å². The fraction of sp³-hybridized carbons (Fsp3) is 0.294. The van der Waals surface area contributed by atoms with Crippen LogP contribution in [0.15, 0.2) is 36.5 Å². The summed E-state index contributed by atoms with van der Waals surface area (Å²) >= 11 is 11.8. The topological polar surface area (TPSA) is 80.7 Å². The molecule has 0 saturated heterocycles. The number of rotatable bonds is 8. The number of halogens is 2. The van der Waals surface area contributed by atoms with Gasteiger partial charge in [-0.2, -0.15) is 0 Å². The molecular formula is C17H18Cl2N2O4. The Hall–Kier alpha value is -2.02. The van der Waals surface area contributed by atoms with Crippen molar-refractivity contribution < 1.29 is 19.4 Å². The first-order valence-corrected chi connectivity index (χ1v) is 8.39. The lowest BCUT2D eigenvalue weighted by Crippen LogP contribution is -2.37. The maximum Gasteiger partial charge on any atom is 0.260 e. The number of benzene rings is 1. The molecule has 1 aromatic carbocycles. The first kappa shape index (κ1) is 19.3. The second-order valence-electron chi connectivity index (χ2n) is 5.14. The molecule has 134 valence electrons. The number of aliphatic hydroxyl groups is 1. The summed E-state index contributed by atoms with van der Waals surface area (Å²) in [4.78, 5) is 15.8. The minimum absolute atomic E-state index is 0.0312. The van der Waals surface area contributed by atoms with Gasteiger partial charge in [-0.3, -0.25) is 4.79 Å². The van der Waals surface area contributed by atoms with Crippen LogP contribution in [0.2, 0.25) is 10.0 Å². The van der Waals surface area contributed by atoms with Gasteiger partial charge in [0.2, 0.25) is 5.88 Å². The summed E-state index contributed by atoms with van der Waals surface area (Å²) < 4.78 is 11.1. The van der Waals surface area contributed by atoms with Crippen molar-refractivity contribution in [2.75, 3.05) is 13.2 Å². The number of hydrogen-bond donors (Lipinski definition) is 2. The molecular weight excluding hydrogens is 367 g/mol. The summed E-state index contributed by atoms with van der Waals surface area (Å²) in [5, 5.41) is 12.1. The van der Waals surface area contributed by atoms with E-state index in [-0.39, 0.29) is 18.4 Å². The fourth-order valence-electron chi connectivity index (χ4n) is 1.87. The minimum atomic E-state index is -0.655. The van der Waals surface area contributed by atoms with Gasteiger partial charge in [0.15, 0.2) is 6.10 Å². The number of aliphatic hydroxyl groups excluding tert-OH is 1. The van der Waals surface area contributed by atoms with Gasteiger partial charge in [-0.15, -0.1) is 0 Å². The Labute approximate surface area is 155 Å². The first-order valence-electron chi connectivity index (χ1n) is 7.64. The van der Waals surface area contributed by atoms with Crippen molar-refractivity contribution in [2.45, 2.75) is 19.4 Å². The summed E-state index contributed by atoms with van der Waals surface area (Å²) in [6.07, 6.45) is 1.29. The van der Waals surface area contributed by atoms with E-state index in [0.717, 1.165) is 0 Å². The Bertz CT molecular complexity index is 710. The van der Waals surface area contributed by atoms with Crippen LogP contribution in [0.25, 0.3) is 0 Å². The normalized spacial score (nSPS) is 11.7. The highest BCUT2D eigenvalue weighted by Gasteiger charge is 2.14. The largest absolute Gasteiger partial charge is 0.481 e. The third kappa shape index (κ3) is 6.08. The van der Waals surface area contributed by atoms with Gasteiger partial charge in [0.25, 0.3) is 5.91 Å². The van der Waals surface area contributed by atoms with Crippen molar-refractivity contribution in [3.63, 3.8) is 0 Å². The molecule has 0 spiro atoms. The summed E-state index contributed by atoms with van der Waals surface area (Å²) in [5.41, 5.74) is 0. The Kier molecular flexibility index (Phi) is 7.31. The molecule has 2 rings (SSSR count). The van der Waals surface area contributed by atoms with Crippen LogP contribution >= 0.6 is 23.2 Å². The number of amides is 1.